The lowest BCUT2D eigenvalue weighted by atomic mass is 10.1. The molecule has 1 atom stereocenters. The first-order valence-corrected chi connectivity index (χ1v) is 14.4. The Morgan fingerprint density at radius 3 is 2.46 bits per heavy atom. The number of aromatic amines is 1. The molecular weight excluding hydrogens is 564 g/mol. The third kappa shape index (κ3) is 7.29. The van der Waals surface area contributed by atoms with Crippen molar-refractivity contribution in [3.63, 3.8) is 0 Å². The van der Waals surface area contributed by atoms with E-state index in [9.17, 15) is 18.6 Å². The molecule has 0 aliphatic heterocycles. The first-order valence-electron chi connectivity index (χ1n) is 12.9. The number of hydrogen-bond acceptors (Lipinski definition) is 6. The minimum absolute atomic E-state index is 0. The summed E-state index contributed by atoms with van der Waals surface area (Å²) in [5, 5.41) is 26.4. The van der Waals surface area contributed by atoms with Crippen molar-refractivity contribution in [3.8, 4) is 11.5 Å². The van der Waals surface area contributed by atoms with Gasteiger partial charge in [-0.2, -0.15) is 12.7 Å². The number of hydrogen-bond donors (Lipinski definition) is 5. The molecule has 0 saturated heterocycles. The predicted octanol–water partition coefficient (Wildman–Crippen LogP) is 4.94. The molecule has 0 spiro atoms. The number of aliphatic hydroxyl groups excluding tert-OH is 1. The van der Waals surface area contributed by atoms with Crippen molar-refractivity contribution in [3.05, 3.63) is 102 Å². The molecule has 41 heavy (non-hydrogen) atoms. The standard InChI is InChI=1S/C30H32N4O5S.ClH/c1-34(20-21-7-3-2-4-8-21)40(37,38)33-28-17-22(11-14-29(28)35)30(36)19-31-15-16-39-23-12-13-25-24-9-5-6-10-26(24)32-27(25)18-23;/h2-14,17-18,30-33,35-36H,15-16,19-20H2,1H3;1H. The predicted molar refractivity (Wildman–Crippen MR) is 165 cm³/mol. The highest BCUT2D eigenvalue weighted by molar-refractivity contribution is 7.90. The molecule has 0 radical (unpaired) electrons. The summed E-state index contributed by atoms with van der Waals surface area (Å²) < 4.78 is 35.1. The van der Waals surface area contributed by atoms with Crippen molar-refractivity contribution < 1.29 is 23.4 Å². The maximum atomic E-state index is 12.8. The number of phenols is 1. The van der Waals surface area contributed by atoms with E-state index in [1.54, 1.807) is 6.07 Å². The van der Waals surface area contributed by atoms with Crippen LogP contribution in [-0.4, -0.2) is 54.7 Å². The first-order chi connectivity index (χ1) is 19.3. The second-order valence-corrected chi connectivity index (χ2v) is 11.3. The van der Waals surface area contributed by atoms with Crippen molar-refractivity contribution >= 4 is 50.1 Å². The topological polar surface area (TPSA) is 127 Å². The maximum Gasteiger partial charge on any atom is 0.301 e. The zero-order chi connectivity index (χ0) is 28.1. The summed E-state index contributed by atoms with van der Waals surface area (Å²) in [4.78, 5) is 3.40. The van der Waals surface area contributed by atoms with Gasteiger partial charge >= 0.3 is 10.2 Å². The summed E-state index contributed by atoms with van der Waals surface area (Å²) in [7, 11) is -2.49. The molecule has 1 heterocycles. The van der Waals surface area contributed by atoms with Gasteiger partial charge in [0.2, 0.25) is 0 Å². The summed E-state index contributed by atoms with van der Waals surface area (Å²) in [5.74, 6) is 0.509. The smallest absolute Gasteiger partial charge is 0.301 e. The van der Waals surface area contributed by atoms with Crippen LogP contribution in [0.1, 0.15) is 17.2 Å². The lowest BCUT2D eigenvalue weighted by molar-refractivity contribution is 0.172. The van der Waals surface area contributed by atoms with Crippen LogP contribution in [0.5, 0.6) is 11.5 Å². The Hall–Kier alpha value is -3.80. The number of aliphatic hydroxyl groups is 1. The molecule has 0 aliphatic rings. The molecule has 5 rings (SSSR count). The zero-order valence-corrected chi connectivity index (χ0v) is 24.1. The molecule has 4 aromatic carbocycles. The zero-order valence-electron chi connectivity index (χ0n) is 22.4. The number of anilines is 1. The average molecular weight is 597 g/mol. The fourth-order valence-electron chi connectivity index (χ4n) is 4.51. The number of rotatable bonds is 12. The van der Waals surface area contributed by atoms with Gasteiger partial charge in [0.05, 0.1) is 17.3 Å². The third-order valence-corrected chi connectivity index (χ3v) is 8.09. The molecule has 5 aromatic rings. The highest BCUT2D eigenvalue weighted by Gasteiger charge is 2.20. The molecule has 11 heteroatoms. The molecule has 0 aliphatic carbocycles. The fourth-order valence-corrected chi connectivity index (χ4v) is 5.42. The van der Waals surface area contributed by atoms with E-state index in [1.165, 1.54) is 24.6 Å². The minimum Gasteiger partial charge on any atom is -0.506 e. The number of aromatic nitrogens is 1. The molecule has 1 unspecified atom stereocenters. The summed E-state index contributed by atoms with van der Waals surface area (Å²) >= 11 is 0. The van der Waals surface area contributed by atoms with E-state index in [0.717, 1.165) is 32.0 Å². The van der Waals surface area contributed by atoms with E-state index in [0.29, 0.717) is 18.7 Å². The second-order valence-electron chi connectivity index (χ2n) is 9.57. The Bertz CT molecular complexity index is 1710. The molecule has 0 fully saturated rings. The van der Waals surface area contributed by atoms with Crippen LogP contribution >= 0.6 is 12.4 Å². The fraction of sp³-hybridized carbons (Fsp3) is 0.200. The van der Waals surface area contributed by atoms with Gasteiger partial charge in [-0.1, -0.05) is 54.6 Å². The Morgan fingerprint density at radius 2 is 1.66 bits per heavy atom. The number of nitrogens with one attached hydrogen (secondary N) is 3. The quantitative estimate of drug-likeness (QED) is 0.103. The number of ether oxygens (including phenoxy) is 1. The van der Waals surface area contributed by atoms with Crippen LogP contribution < -0.4 is 14.8 Å². The molecule has 216 valence electrons. The van der Waals surface area contributed by atoms with E-state index < -0.39 is 16.3 Å². The maximum absolute atomic E-state index is 12.8. The molecule has 5 N–H and O–H groups in total. The van der Waals surface area contributed by atoms with Crippen molar-refractivity contribution in [2.24, 2.45) is 0 Å². The lowest BCUT2D eigenvalue weighted by Gasteiger charge is -2.20. The van der Waals surface area contributed by atoms with Crippen LogP contribution in [0.4, 0.5) is 5.69 Å². The first kappa shape index (κ1) is 30.2. The van der Waals surface area contributed by atoms with Crippen molar-refractivity contribution in [2.45, 2.75) is 12.6 Å². The highest BCUT2D eigenvalue weighted by Crippen LogP contribution is 2.29. The van der Waals surface area contributed by atoms with Gasteiger partial charge in [0, 0.05) is 49.0 Å². The highest BCUT2D eigenvalue weighted by atomic mass is 35.5. The van der Waals surface area contributed by atoms with E-state index >= 15 is 0 Å². The summed E-state index contributed by atoms with van der Waals surface area (Å²) in [6, 6.07) is 27.6. The van der Waals surface area contributed by atoms with E-state index in [1.807, 2.05) is 66.7 Å². The van der Waals surface area contributed by atoms with E-state index in [4.69, 9.17) is 4.74 Å². The third-order valence-electron chi connectivity index (χ3n) is 6.67. The van der Waals surface area contributed by atoms with Gasteiger partial charge in [0.25, 0.3) is 0 Å². The van der Waals surface area contributed by atoms with Crippen LogP contribution in [0.2, 0.25) is 0 Å². The number of aromatic hydroxyl groups is 1. The number of H-pyrrole nitrogens is 1. The Morgan fingerprint density at radius 1 is 0.927 bits per heavy atom. The Balaban J connectivity index is 0.00000387. The summed E-state index contributed by atoms with van der Waals surface area (Å²) in [5.41, 5.74) is 3.37. The number of nitrogens with zero attached hydrogens (tertiary/aromatic N) is 1. The lowest BCUT2D eigenvalue weighted by Crippen LogP contribution is -2.32. The Kier molecular flexibility index (Phi) is 9.74. The van der Waals surface area contributed by atoms with Crippen LogP contribution in [0.15, 0.2) is 91.0 Å². The number of fused-ring (bicyclic) bond motifs is 3. The number of phenolic OH excluding ortho intramolecular Hbond substituents is 1. The molecule has 9 nitrogen and oxygen atoms in total. The van der Waals surface area contributed by atoms with E-state index in [-0.39, 0.29) is 36.9 Å². The monoisotopic (exact) mass is 596 g/mol. The van der Waals surface area contributed by atoms with Crippen molar-refractivity contribution in [1.29, 1.82) is 0 Å². The summed E-state index contributed by atoms with van der Waals surface area (Å²) in [6.45, 7) is 1.27. The van der Waals surface area contributed by atoms with Crippen LogP contribution in [0.3, 0.4) is 0 Å². The SMILES string of the molecule is CN(Cc1ccccc1)S(=O)(=O)Nc1cc(C(O)CNCCOc2ccc3c(c2)[nH]c2ccccc23)ccc1O.Cl. The summed E-state index contributed by atoms with van der Waals surface area (Å²) in [6.07, 6.45) is -0.923. The van der Waals surface area contributed by atoms with Crippen molar-refractivity contribution in [2.75, 3.05) is 31.5 Å². The normalized spacial score (nSPS) is 12.4. The minimum atomic E-state index is -3.94. The molecule has 0 amide bonds. The van der Waals surface area contributed by atoms with Gasteiger partial charge in [-0.05, 0) is 41.5 Å². The molecular formula is C30H33ClN4O5S. The second kappa shape index (κ2) is 13.2. The van der Waals surface area contributed by atoms with Gasteiger partial charge in [0.15, 0.2) is 0 Å². The average Bonchev–Trinajstić information content (AvgIpc) is 3.32. The van der Waals surface area contributed by atoms with Crippen LogP contribution in [0, 0.1) is 0 Å². The number of halogens is 1. The van der Waals surface area contributed by atoms with Gasteiger partial charge in [0.1, 0.15) is 18.1 Å². The van der Waals surface area contributed by atoms with Gasteiger partial charge < -0.3 is 25.3 Å². The molecule has 0 saturated carbocycles. The van der Waals surface area contributed by atoms with E-state index in [2.05, 4.69) is 21.1 Å². The number of benzene rings is 4. The van der Waals surface area contributed by atoms with Crippen LogP contribution in [0.25, 0.3) is 21.8 Å². The van der Waals surface area contributed by atoms with Crippen molar-refractivity contribution in [1.82, 2.24) is 14.6 Å². The van der Waals surface area contributed by atoms with Gasteiger partial charge in [-0.15, -0.1) is 12.4 Å². The largest absolute Gasteiger partial charge is 0.506 e. The molecule has 1 aromatic heterocycles. The number of para-hydroxylation sites is 1. The Labute approximate surface area is 245 Å². The van der Waals surface area contributed by atoms with Crippen LogP contribution in [-0.2, 0) is 16.8 Å². The van der Waals surface area contributed by atoms with Gasteiger partial charge in [-0.3, -0.25) is 4.72 Å². The van der Waals surface area contributed by atoms with Gasteiger partial charge in [-0.25, -0.2) is 0 Å². The molecule has 0 bridgehead atoms.